The zero-order valence-electron chi connectivity index (χ0n) is 16.6. The highest BCUT2D eigenvalue weighted by atomic mass is 16.7. The molecule has 1 aliphatic carbocycles. The first-order chi connectivity index (χ1) is 12.3. The van der Waals surface area contributed by atoms with E-state index >= 15 is 0 Å². The summed E-state index contributed by atoms with van der Waals surface area (Å²) in [6.45, 7) is 8.36. The molecule has 1 saturated carbocycles. The van der Waals surface area contributed by atoms with Gasteiger partial charge in [0.05, 0.1) is 12.1 Å². The fraction of sp³-hybridized carbons (Fsp3) is 0.667. The third-order valence-electron chi connectivity index (χ3n) is 4.85. The molecule has 26 heavy (non-hydrogen) atoms. The van der Waals surface area contributed by atoms with Crippen molar-refractivity contribution < 1.29 is 14.7 Å². The SMILES string of the molecule is CC(O)CNC(=O)ON(C1CCCCC1)C(c1ccccc1)C(C)(C)C. The number of aliphatic hydroxyl groups excluding tert-OH is 1. The van der Waals surface area contributed by atoms with Crippen LogP contribution in [0.2, 0.25) is 0 Å². The zero-order chi connectivity index (χ0) is 19.2. The van der Waals surface area contributed by atoms with Gasteiger partial charge in [-0.15, -0.1) is 5.06 Å². The molecule has 2 atom stereocenters. The van der Waals surface area contributed by atoms with Crippen molar-refractivity contribution in [1.82, 2.24) is 10.4 Å². The van der Waals surface area contributed by atoms with Gasteiger partial charge >= 0.3 is 6.09 Å². The number of rotatable bonds is 6. The molecule has 2 N–H and O–H groups in total. The Morgan fingerprint density at radius 3 is 2.38 bits per heavy atom. The van der Waals surface area contributed by atoms with Gasteiger partial charge in [0.1, 0.15) is 0 Å². The predicted molar refractivity (Wildman–Crippen MR) is 104 cm³/mol. The molecule has 0 bridgehead atoms. The molecule has 0 aromatic heterocycles. The average Bonchev–Trinajstić information content (AvgIpc) is 2.60. The van der Waals surface area contributed by atoms with Crippen LogP contribution in [0.25, 0.3) is 0 Å². The Labute approximate surface area is 157 Å². The number of nitrogens with one attached hydrogen (secondary N) is 1. The summed E-state index contributed by atoms with van der Waals surface area (Å²) in [6, 6.07) is 10.4. The van der Waals surface area contributed by atoms with Crippen LogP contribution in [0.5, 0.6) is 0 Å². The molecular weight excluding hydrogens is 328 g/mol. The summed E-state index contributed by atoms with van der Waals surface area (Å²) in [7, 11) is 0. The lowest BCUT2D eigenvalue weighted by atomic mass is 9.80. The Hall–Kier alpha value is -1.59. The van der Waals surface area contributed by atoms with Crippen LogP contribution in [0.15, 0.2) is 30.3 Å². The average molecular weight is 363 g/mol. The van der Waals surface area contributed by atoms with Gasteiger partial charge in [0.15, 0.2) is 0 Å². The summed E-state index contributed by atoms with van der Waals surface area (Å²) in [5.74, 6) is 0. The van der Waals surface area contributed by atoms with Crippen molar-refractivity contribution in [3.05, 3.63) is 35.9 Å². The first kappa shape index (κ1) is 20.7. The Morgan fingerprint density at radius 2 is 1.85 bits per heavy atom. The molecule has 1 amide bonds. The van der Waals surface area contributed by atoms with Gasteiger partial charge in [-0.3, -0.25) is 0 Å². The summed E-state index contributed by atoms with van der Waals surface area (Å²) in [5.41, 5.74) is 1.04. The van der Waals surface area contributed by atoms with E-state index in [1.807, 2.05) is 23.3 Å². The van der Waals surface area contributed by atoms with Crippen molar-refractivity contribution in [2.45, 2.75) is 78.0 Å². The van der Waals surface area contributed by atoms with Crippen LogP contribution in [0.1, 0.15) is 71.4 Å². The lowest BCUT2D eigenvalue weighted by molar-refractivity contribution is -0.192. The lowest BCUT2D eigenvalue weighted by Crippen LogP contribution is -2.47. The Balaban J connectivity index is 2.28. The standard InChI is InChI=1S/C21H34N2O3/c1-16(24)15-22-20(25)26-23(18-13-9-6-10-14-18)19(21(2,3)4)17-11-7-5-8-12-17/h5,7-8,11-12,16,18-19,24H,6,9-10,13-15H2,1-4H3,(H,22,25). The summed E-state index contributed by atoms with van der Waals surface area (Å²) in [5, 5.41) is 14.0. The largest absolute Gasteiger partial charge is 0.426 e. The summed E-state index contributed by atoms with van der Waals surface area (Å²) < 4.78 is 0. The topological polar surface area (TPSA) is 61.8 Å². The maximum absolute atomic E-state index is 12.4. The van der Waals surface area contributed by atoms with Gasteiger partial charge in [0.2, 0.25) is 0 Å². The van der Waals surface area contributed by atoms with Crippen molar-refractivity contribution in [3.8, 4) is 0 Å². The van der Waals surface area contributed by atoms with Gasteiger partial charge in [-0.2, -0.15) is 0 Å². The molecule has 5 nitrogen and oxygen atoms in total. The van der Waals surface area contributed by atoms with Gasteiger partial charge in [0.25, 0.3) is 0 Å². The normalized spacial score (nSPS) is 18.4. The molecule has 0 aliphatic heterocycles. The van der Waals surface area contributed by atoms with Crippen LogP contribution >= 0.6 is 0 Å². The van der Waals surface area contributed by atoms with E-state index in [1.165, 1.54) is 6.42 Å². The third kappa shape index (κ3) is 5.99. The minimum Gasteiger partial charge on any atom is -0.392 e. The molecule has 2 unspecified atom stereocenters. The molecule has 1 aromatic carbocycles. The van der Waals surface area contributed by atoms with Crippen molar-refractivity contribution in [2.75, 3.05) is 6.54 Å². The van der Waals surface area contributed by atoms with Gasteiger partial charge in [-0.1, -0.05) is 70.4 Å². The second kappa shape index (κ2) is 9.38. The molecule has 0 heterocycles. The quantitative estimate of drug-likeness (QED) is 0.735. The molecule has 0 spiro atoms. The van der Waals surface area contributed by atoms with E-state index in [1.54, 1.807) is 6.92 Å². The van der Waals surface area contributed by atoms with Crippen LogP contribution < -0.4 is 5.32 Å². The Kier molecular flexibility index (Phi) is 7.47. The van der Waals surface area contributed by atoms with Crippen LogP contribution in [0.4, 0.5) is 4.79 Å². The Morgan fingerprint density at radius 1 is 1.23 bits per heavy atom. The fourth-order valence-corrected chi connectivity index (χ4v) is 3.70. The molecular formula is C21H34N2O3. The molecule has 146 valence electrons. The van der Waals surface area contributed by atoms with E-state index < -0.39 is 12.2 Å². The van der Waals surface area contributed by atoms with Gasteiger partial charge in [-0.05, 0) is 30.7 Å². The smallest absolute Gasteiger partial charge is 0.392 e. The molecule has 1 aromatic rings. The highest BCUT2D eigenvalue weighted by Crippen LogP contribution is 2.41. The van der Waals surface area contributed by atoms with Crippen molar-refractivity contribution in [1.29, 1.82) is 0 Å². The van der Waals surface area contributed by atoms with Gasteiger partial charge in [-0.25, -0.2) is 4.79 Å². The minimum absolute atomic E-state index is 0.0379. The van der Waals surface area contributed by atoms with E-state index in [-0.39, 0.29) is 24.0 Å². The molecule has 2 rings (SSSR count). The summed E-state index contributed by atoms with van der Waals surface area (Å²) in [6.07, 6.45) is 4.52. The number of hydrogen-bond donors (Lipinski definition) is 2. The van der Waals surface area contributed by atoms with Crippen LogP contribution in [-0.4, -0.2) is 35.0 Å². The zero-order valence-corrected chi connectivity index (χ0v) is 16.6. The first-order valence-electron chi connectivity index (χ1n) is 9.76. The van der Waals surface area contributed by atoms with Gasteiger partial charge in [0, 0.05) is 12.6 Å². The highest BCUT2D eigenvalue weighted by Gasteiger charge is 2.39. The highest BCUT2D eigenvalue weighted by molar-refractivity contribution is 5.66. The summed E-state index contributed by atoms with van der Waals surface area (Å²) in [4.78, 5) is 18.2. The number of hydroxylamine groups is 2. The Bertz CT molecular complexity index is 548. The second-order valence-electron chi connectivity index (χ2n) is 8.44. The van der Waals surface area contributed by atoms with Crippen LogP contribution in [-0.2, 0) is 4.84 Å². The molecule has 1 aliphatic rings. The van der Waals surface area contributed by atoms with E-state index in [0.29, 0.717) is 0 Å². The summed E-state index contributed by atoms with van der Waals surface area (Å²) >= 11 is 0. The van der Waals surface area contributed by atoms with Crippen molar-refractivity contribution >= 4 is 6.09 Å². The van der Waals surface area contributed by atoms with Gasteiger partial charge < -0.3 is 15.3 Å². The predicted octanol–water partition coefficient (Wildman–Crippen LogP) is 4.43. The molecule has 5 heteroatoms. The van der Waals surface area contributed by atoms with E-state index in [9.17, 15) is 9.90 Å². The second-order valence-corrected chi connectivity index (χ2v) is 8.44. The number of hydrogen-bond acceptors (Lipinski definition) is 4. The number of benzene rings is 1. The number of carbonyl (C=O) groups excluding carboxylic acids is 1. The van der Waals surface area contributed by atoms with Crippen LogP contribution in [0, 0.1) is 5.41 Å². The van der Waals surface area contributed by atoms with Crippen LogP contribution in [0.3, 0.4) is 0 Å². The van der Waals surface area contributed by atoms with Crippen molar-refractivity contribution in [3.63, 3.8) is 0 Å². The van der Waals surface area contributed by atoms with E-state index in [0.717, 1.165) is 31.2 Å². The number of carbonyl (C=O) groups is 1. The molecule has 0 saturated heterocycles. The lowest BCUT2D eigenvalue weighted by Gasteiger charge is -2.43. The van der Waals surface area contributed by atoms with E-state index in [4.69, 9.17) is 4.84 Å². The molecule has 0 radical (unpaired) electrons. The van der Waals surface area contributed by atoms with Crippen molar-refractivity contribution in [2.24, 2.45) is 5.41 Å². The number of aliphatic hydroxyl groups is 1. The first-order valence-corrected chi connectivity index (χ1v) is 9.76. The maximum Gasteiger partial charge on any atom is 0.426 e. The van der Waals surface area contributed by atoms with E-state index in [2.05, 4.69) is 38.2 Å². The fourth-order valence-electron chi connectivity index (χ4n) is 3.70. The number of nitrogens with zero attached hydrogens (tertiary/aromatic N) is 1. The third-order valence-corrected chi connectivity index (χ3v) is 4.85. The molecule has 1 fully saturated rings. The monoisotopic (exact) mass is 362 g/mol. The minimum atomic E-state index is -0.599. The maximum atomic E-state index is 12.4. The number of amides is 1.